The van der Waals surface area contributed by atoms with E-state index in [1.165, 1.54) is 0 Å². The molecule has 2 rings (SSSR count). The summed E-state index contributed by atoms with van der Waals surface area (Å²) in [5, 5.41) is 10.8. The van der Waals surface area contributed by atoms with Gasteiger partial charge in [0.1, 0.15) is 6.04 Å². The first-order chi connectivity index (χ1) is 8.69. The van der Waals surface area contributed by atoms with Gasteiger partial charge in [-0.25, -0.2) is 10.1 Å². The van der Waals surface area contributed by atoms with Crippen molar-refractivity contribution in [2.45, 2.75) is 32.9 Å². The number of hydrogen-bond donors (Lipinski definition) is 2. The zero-order valence-electron chi connectivity index (χ0n) is 10.4. The van der Waals surface area contributed by atoms with E-state index in [-0.39, 0.29) is 6.04 Å². The Labute approximate surface area is 115 Å². The first kappa shape index (κ1) is 13.5. The predicted molar refractivity (Wildman–Crippen MR) is 73.5 cm³/mol. The van der Waals surface area contributed by atoms with Gasteiger partial charge in [-0.2, -0.15) is 0 Å². The van der Waals surface area contributed by atoms with Crippen LogP contribution < -0.4 is 11.3 Å². The first-order valence-electron chi connectivity index (χ1n) is 5.77. The third kappa shape index (κ3) is 2.42. The molecule has 98 valence electrons. The minimum atomic E-state index is -0.169. The van der Waals surface area contributed by atoms with E-state index >= 15 is 0 Å². The second kappa shape index (κ2) is 5.79. The number of halogens is 1. The van der Waals surface area contributed by atoms with Crippen molar-refractivity contribution in [1.29, 1.82) is 0 Å². The van der Waals surface area contributed by atoms with Crippen LogP contribution in [0.3, 0.4) is 0 Å². The van der Waals surface area contributed by atoms with Gasteiger partial charge in [0.15, 0.2) is 0 Å². The fraction of sp³-hybridized carbons (Fsp3) is 0.455. The van der Waals surface area contributed by atoms with Crippen LogP contribution in [0.4, 0.5) is 0 Å². The second-order valence-electron chi connectivity index (χ2n) is 4.08. The van der Waals surface area contributed by atoms with Gasteiger partial charge in [-0.15, -0.1) is 16.4 Å². The first-order valence-corrected chi connectivity index (χ1v) is 7.02. The molecule has 0 amide bonds. The lowest BCUT2D eigenvalue weighted by Crippen LogP contribution is -2.30. The molecule has 5 nitrogen and oxygen atoms in total. The normalized spacial score (nSPS) is 12.9. The minimum Gasteiger partial charge on any atom is -0.270 e. The van der Waals surface area contributed by atoms with Crippen LogP contribution in [0.2, 0.25) is 5.02 Å². The molecule has 1 unspecified atom stereocenters. The highest BCUT2D eigenvalue weighted by Gasteiger charge is 2.22. The molecule has 0 aromatic carbocycles. The highest BCUT2D eigenvalue weighted by Crippen LogP contribution is 2.35. The average Bonchev–Trinajstić information content (AvgIpc) is 2.93. The molecular weight excluding hydrogens is 270 g/mol. The molecule has 7 heteroatoms. The van der Waals surface area contributed by atoms with Crippen LogP contribution >= 0.6 is 22.9 Å². The van der Waals surface area contributed by atoms with Crippen molar-refractivity contribution >= 4 is 22.9 Å². The number of nitrogens with two attached hydrogens (primary N) is 1. The van der Waals surface area contributed by atoms with Gasteiger partial charge in [0.2, 0.25) is 0 Å². The Kier molecular flexibility index (Phi) is 4.34. The van der Waals surface area contributed by atoms with Crippen molar-refractivity contribution in [2.24, 2.45) is 5.84 Å². The number of aryl methyl sites for hydroxylation is 2. The molecule has 0 spiro atoms. The molecule has 18 heavy (non-hydrogen) atoms. The van der Waals surface area contributed by atoms with E-state index in [1.54, 1.807) is 17.5 Å². The van der Waals surface area contributed by atoms with Crippen LogP contribution in [-0.4, -0.2) is 15.0 Å². The molecule has 0 aliphatic rings. The predicted octanol–water partition coefficient (Wildman–Crippen LogP) is 2.26. The zero-order valence-corrected chi connectivity index (χ0v) is 11.9. The van der Waals surface area contributed by atoms with Gasteiger partial charge in [-0.3, -0.25) is 5.84 Å². The number of thiophene rings is 1. The van der Waals surface area contributed by atoms with E-state index < -0.39 is 0 Å². The summed E-state index contributed by atoms with van der Waals surface area (Å²) in [4.78, 5) is 0.997. The maximum absolute atomic E-state index is 6.29. The molecular formula is C11H16ClN5S. The van der Waals surface area contributed by atoms with Gasteiger partial charge in [0.05, 0.1) is 16.9 Å². The molecule has 2 heterocycles. The van der Waals surface area contributed by atoms with Gasteiger partial charge >= 0.3 is 0 Å². The van der Waals surface area contributed by atoms with E-state index in [9.17, 15) is 0 Å². The molecule has 3 N–H and O–H groups in total. The number of hydrogen-bond acceptors (Lipinski definition) is 5. The maximum atomic E-state index is 6.29. The maximum Gasteiger partial charge on any atom is 0.100 e. The second-order valence-corrected chi connectivity index (χ2v) is 5.37. The Bertz CT molecular complexity index is 521. The molecule has 0 fully saturated rings. The number of nitrogens with one attached hydrogen (secondary N) is 1. The van der Waals surface area contributed by atoms with Crippen LogP contribution in [0.5, 0.6) is 0 Å². The third-order valence-electron chi connectivity index (χ3n) is 2.73. The summed E-state index contributed by atoms with van der Waals surface area (Å²) in [6.07, 6.45) is 2.72. The van der Waals surface area contributed by atoms with Crippen LogP contribution in [0.25, 0.3) is 0 Å². The van der Waals surface area contributed by atoms with Gasteiger partial charge in [0, 0.05) is 11.4 Å². The lowest BCUT2D eigenvalue weighted by atomic mass is 10.1. The monoisotopic (exact) mass is 285 g/mol. The molecule has 0 radical (unpaired) electrons. The van der Waals surface area contributed by atoms with E-state index in [1.807, 2.05) is 17.0 Å². The van der Waals surface area contributed by atoms with Crippen molar-refractivity contribution in [3.05, 3.63) is 32.7 Å². The van der Waals surface area contributed by atoms with Crippen molar-refractivity contribution in [2.75, 3.05) is 0 Å². The molecule has 0 aliphatic heterocycles. The largest absolute Gasteiger partial charge is 0.270 e. The van der Waals surface area contributed by atoms with E-state index in [0.29, 0.717) is 0 Å². The Balaban J connectivity index is 2.39. The lowest BCUT2D eigenvalue weighted by Gasteiger charge is -2.16. The van der Waals surface area contributed by atoms with Crippen LogP contribution in [0, 0.1) is 6.92 Å². The van der Waals surface area contributed by atoms with Gasteiger partial charge < -0.3 is 0 Å². The summed E-state index contributed by atoms with van der Waals surface area (Å²) in [5.74, 6) is 5.67. The van der Waals surface area contributed by atoms with Crippen molar-refractivity contribution in [3.63, 3.8) is 0 Å². The van der Waals surface area contributed by atoms with Crippen molar-refractivity contribution < 1.29 is 0 Å². The molecule has 0 saturated carbocycles. The van der Waals surface area contributed by atoms with Crippen molar-refractivity contribution in [1.82, 2.24) is 20.4 Å². The van der Waals surface area contributed by atoms with Crippen LogP contribution in [-0.2, 0) is 6.54 Å². The topological polar surface area (TPSA) is 68.8 Å². The molecule has 1 atom stereocenters. The summed E-state index contributed by atoms with van der Waals surface area (Å²) in [7, 11) is 0. The number of rotatable bonds is 5. The Hall–Kier alpha value is -0.950. The Morgan fingerprint density at radius 1 is 1.61 bits per heavy atom. The van der Waals surface area contributed by atoms with Gasteiger partial charge in [-0.05, 0) is 24.3 Å². The summed E-state index contributed by atoms with van der Waals surface area (Å²) < 4.78 is 1.86. The van der Waals surface area contributed by atoms with Crippen LogP contribution in [0.15, 0.2) is 11.6 Å². The number of aromatic nitrogens is 3. The van der Waals surface area contributed by atoms with Gasteiger partial charge in [0.25, 0.3) is 0 Å². The Morgan fingerprint density at radius 2 is 2.39 bits per heavy atom. The summed E-state index contributed by atoms with van der Waals surface area (Å²) in [5.41, 5.74) is 4.79. The number of hydrazine groups is 1. The lowest BCUT2D eigenvalue weighted by molar-refractivity contribution is 0.515. The molecule has 2 aromatic heterocycles. The van der Waals surface area contributed by atoms with E-state index in [2.05, 4.69) is 22.7 Å². The Morgan fingerprint density at radius 3 is 2.94 bits per heavy atom. The molecule has 0 aliphatic carbocycles. The smallest absolute Gasteiger partial charge is 0.100 e. The quantitative estimate of drug-likeness (QED) is 0.653. The highest BCUT2D eigenvalue weighted by atomic mass is 35.5. The summed E-state index contributed by atoms with van der Waals surface area (Å²) in [6, 6.07) is -0.169. The van der Waals surface area contributed by atoms with E-state index in [0.717, 1.165) is 34.1 Å². The molecule has 0 bridgehead atoms. The van der Waals surface area contributed by atoms with E-state index in [4.69, 9.17) is 17.4 Å². The SMILES string of the molecule is CCCn1nncc1C(NN)c1scc(C)c1Cl. The standard InChI is InChI=1S/C11H16ClN5S/c1-3-4-17-8(5-14-16-17)10(15-13)11-9(12)7(2)6-18-11/h5-6,10,15H,3-4,13H2,1-2H3. The fourth-order valence-electron chi connectivity index (χ4n) is 1.81. The highest BCUT2D eigenvalue weighted by molar-refractivity contribution is 7.10. The number of nitrogens with zero attached hydrogens (tertiary/aromatic N) is 3. The molecule has 2 aromatic rings. The average molecular weight is 286 g/mol. The van der Waals surface area contributed by atoms with Crippen LogP contribution in [0.1, 0.15) is 35.5 Å². The fourth-order valence-corrected chi connectivity index (χ4v) is 3.19. The third-order valence-corrected chi connectivity index (χ3v) is 4.51. The van der Waals surface area contributed by atoms with Gasteiger partial charge in [-0.1, -0.05) is 23.7 Å². The molecule has 0 saturated heterocycles. The summed E-state index contributed by atoms with van der Waals surface area (Å²) >= 11 is 7.88. The minimum absolute atomic E-state index is 0.169. The summed E-state index contributed by atoms with van der Waals surface area (Å²) in [6.45, 7) is 4.89. The van der Waals surface area contributed by atoms with Crippen molar-refractivity contribution in [3.8, 4) is 0 Å². The zero-order chi connectivity index (χ0) is 13.1.